The quantitative estimate of drug-likeness (QED) is 0.293. The summed E-state index contributed by atoms with van der Waals surface area (Å²) in [6.07, 6.45) is -2.09. The third-order valence-electron chi connectivity index (χ3n) is 5.53. The molecule has 0 unspecified atom stereocenters. The van der Waals surface area contributed by atoms with Crippen molar-refractivity contribution in [2.45, 2.75) is 38.4 Å². The summed E-state index contributed by atoms with van der Waals surface area (Å²) in [5, 5.41) is 15.7. The Morgan fingerprint density at radius 3 is 2.60 bits per heavy atom. The van der Waals surface area contributed by atoms with Crippen LogP contribution >= 0.6 is 22.9 Å². The lowest BCUT2D eigenvalue weighted by Crippen LogP contribution is -2.23. The summed E-state index contributed by atoms with van der Waals surface area (Å²) >= 11 is 7.82. The molecule has 2 heterocycles. The van der Waals surface area contributed by atoms with Gasteiger partial charge < -0.3 is 15.7 Å². The Bertz CT molecular complexity index is 1240. The monoisotopic (exact) mass is 521 g/mol. The van der Waals surface area contributed by atoms with Crippen LogP contribution in [-0.4, -0.2) is 45.4 Å². The second-order valence-electron chi connectivity index (χ2n) is 8.26. The lowest BCUT2D eigenvalue weighted by atomic mass is 10.1. The average molecular weight is 522 g/mol. The number of halogens is 4. The van der Waals surface area contributed by atoms with Gasteiger partial charge in [-0.1, -0.05) is 47.9 Å². The molecule has 0 saturated heterocycles. The normalized spacial score (nSPS) is 17.7. The Balaban J connectivity index is 1.69. The number of hydrogen-bond acceptors (Lipinski definition) is 7. The van der Waals surface area contributed by atoms with E-state index >= 15 is 0 Å². The molecule has 1 fully saturated rings. The van der Waals surface area contributed by atoms with Gasteiger partial charge in [-0.2, -0.15) is 23.1 Å². The standard InChI is InChI=1S/C24H23ClF3N5OS/c1-14-30-20(16-5-3-2-4-6-16)19(35-14)10-9-18-21(25)32-23(29-13-24(26,27)28)33-22(18)31-17-8-7-15(11-17)12-34/h2-6,15,17,34H,7-8,11-13H2,1H3,(H2,29,31,32,33)/t15-,17+/m1/s1. The Morgan fingerprint density at radius 2 is 1.91 bits per heavy atom. The van der Waals surface area contributed by atoms with Crippen molar-refractivity contribution in [3.8, 4) is 23.1 Å². The van der Waals surface area contributed by atoms with E-state index in [2.05, 4.69) is 37.4 Å². The topological polar surface area (TPSA) is 83.0 Å². The molecular formula is C24H23ClF3N5OS. The van der Waals surface area contributed by atoms with Gasteiger partial charge >= 0.3 is 6.18 Å². The highest BCUT2D eigenvalue weighted by atomic mass is 35.5. The highest BCUT2D eigenvalue weighted by Crippen LogP contribution is 2.31. The smallest absolute Gasteiger partial charge is 0.396 e. The molecule has 3 aromatic rings. The van der Waals surface area contributed by atoms with Crippen LogP contribution < -0.4 is 10.6 Å². The van der Waals surface area contributed by atoms with E-state index in [1.54, 1.807) is 0 Å². The van der Waals surface area contributed by atoms with E-state index in [4.69, 9.17) is 11.6 Å². The molecule has 1 aliphatic carbocycles. The lowest BCUT2D eigenvalue weighted by molar-refractivity contribution is -0.115. The molecule has 11 heteroatoms. The Labute approximate surface area is 210 Å². The van der Waals surface area contributed by atoms with Gasteiger partial charge in [-0.05, 0) is 38.0 Å². The summed E-state index contributed by atoms with van der Waals surface area (Å²) in [4.78, 5) is 13.6. The summed E-state index contributed by atoms with van der Waals surface area (Å²) in [7, 11) is 0. The maximum Gasteiger partial charge on any atom is 0.405 e. The van der Waals surface area contributed by atoms with E-state index in [9.17, 15) is 18.3 Å². The number of thiazole rings is 1. The molecule has 0 aliphatic heterocycles. The number of nitrogens with zero attached hydrogens (tertiary/aromatic N) is 3. The van der Waals surface area contributed by atoms with E-state index in [1.165, 1.54) is 11.3 Å². The molecule has 0 spiro atoms. The molecule has 1 aromatic carbocycles. The molecule has 1 saturated carbocycles. The van der Waals surface area contributed by atoms with E-state index in [0.29, 0.717) is 12.0 Å². The molecule has 6 nitrogen and oxygen atoms in total. The van der Waals surface area contributed by atoms with Crippen LogP contribution in [0.4, 0.5) is 24.9 Å². The van der Waals surface area contributed by atoms with Crippen molar-refractivity contribution in [3.63, 3.8) is 0 Å². The van der Waals surface area contributed by atoms with Crippen molar-refractivity contribution in [2.75, 3.05) is 23.8 Å². The first-order valence-electron chi connectivity index (χ1n) is 11.0. The number of rotatable bonds is 6. The molecule has 0 amide bonds. The average Bonchev–Trinajstić information content (AvgIpc) is 3.43. The summed E-state index contributed by atoms with van der Waals surface area (Å²) in [5.74, 6) is 6.31. The van der Waals surface area contributed by atoms with Crippen molar-refractivity contribution in [2.24, 2.45) is 5.92 Å². The van der Waals surface area contributed by atoms with Gasteiger partial charge in [0.1, 0.15) is 22.8 Å². The van der Waals surface area contributed by atoms with Gasteiger partial charge in [0.25, 0.3) is 0 Å². The number of benzene rings is 1. The Hall–Kier alpha value is -2.87. The van der Waals surface area contributed by atoms with Gasteiger partial charge in [0.05, 0.1) is 10.7 Å². The first-order chi connectivity index (χ1) is 16.7. The molecular weight excluding hydrogens is 499 g/mol. The number of alkyl halides is 3. The first-order valence-corrected chi connectivity index (χ1v) is 12.2. The number of nitrogens with one attached hydrogen (secondary N) is 2. The van der Waals surface area contributed by atoms with Gasteiger partial charge in [0, 0.05) is 18.2 Å². The molecule has 35 heavy (non-hydrogen) atoms. The van der Waals surface area contributed by atoms with Crippen LogP contribution in [0.5, 0.6) is 0 Å². The number of hydrogen-bond donors (Lipinski definition) is 3. The van der Waals surface area contributed by atoms with Crippen LogP contribution in [0.1, 0.15) is 34.7 Å². The third-order valence-corrected chi connectivity index (χ3v) is 6.69. The maximum absolute atomic E-state index is 12.7. The van der Waals surface area contributed by atoms with Crippen LogP contribution in [0.3, 0.4) is 0 Å². The summed E-state index contributed by atoms with van der Waals surface area (Å²) in [6.45, 7) is 0.690. The summed E-state index contributed by atoms with van der Waals surface area (Å²) in [6, 6.07) is 9.63. The fourth-order valence-electron chi connectivity index (χ4n) is 3.89. The van der Waals surface area contributed by atoms with Crippen LogP contribution in [0.25, 0.3) is 11.3 Å². The first kappa shape index (κ1) is 25.2. The fourth-order valence-corrected chi connectivity index (χ4v) is 4.91. The van der Waals surface area contributed by atoms with E-state index in [-0.39, 0.29) is 35.5 Å². The second kappa shape index (κ2) is 10.8. The third kappa shape index (κ3) is 6.63. The van der Waals surface area contributed by atoms with Crippen molar-refractivity contribution < 1.29 is 18.3 Å². The van der Waals surface area contributed by atoms with Crippen molar-refractivity contribution in [1.82, 2.24) is 15.0 Å². The summed E-state index contributed by atoms with van der Waals surface area (Å²) < 4.78 is 38.1. The number of aromatic nitrogens is 3. The van der Waals surface area contributed by atoms with Crippen molar-refractivity contribution in [3.05, 3.63) is 50.9 Å². The number of aliphatic hydroxyl groups is 1. The van der Waals surface area contributed by atoms with E-state index < -0.39 is 12.7 Å². The molecule has 184 valence electrons. The highest BCUT2D eigenvalue weighted by molar-refractivity contribution is 7.12. The van der Waals surface area contributed by atoms with Gasteiger partial charge in [-0.3, -0.25) is 0 Å². The number of aryl methyl sites for hydroxylation is 1. The zero-order valence-electron chi connectivity index (χ0n) is 18.8. The highest BCUT2D eigenvalue weighted by Gasteiger charge is 2.28. The number of anilines is 2. The van der Waals surface area contributed by atoms with Crippen molar-refractivity contribution >= 4 is 34.7 Å². The fraction of sp³-hybridized carbons (Fsp3) is 0.375. The SMILES string of the molecule is Cc1nc(-c2ccccc2)c(C#Cc2c(Cl)nc(NCC(F)(F)F)nc2N[C@H]2CC[C@@H](CO)C2)s1. The largest absolute Gasteiger partial charge is 0.405 e. The van der Waals surface area contributed by atoms with E-state index in [1.807, 2.05) is 37.3 Å². The molecule has 0 bridgehead atoms. The lowest BCUT2D eigenvalue weighted by Gasteiger charge is -2.17. The van der Waals surface area contributed by atoms with Crippen LogP contribution in [0.2, 0.25) is 5.15 Å². The van der Waals surface area contributed by atoms with Gasteiger partial charge in [0.15, 0.2) is 5.15 Å². The number of aliphatic hydroxyl groups excluding tert-OH is 1. The molecule has 1 aliphatic rings. The van der Waals surface area contributed by atoms with Gasteiger partial charge in [-0.15, -0.1) is 11.3 Å². The van der Waals surface area contributed by atoms with Gasteiger partial charge in [0.2, 0.25) is 5.95 Å². The zero-order valence-corrected chi connectivity index (χ0v) is 20.4. The summed E-state index contributed by atoms with van der Waals surface area (Å²) in [5.41, 5.74) is 1.97. The maximum atomic E-state index is 12.7. The predicted octanol–water partition coefficient (Wildman–Crippen LogP) is 5.51. The minimum absolute atomic E-state index is 0.0142. The minimum atomic E-state index is -4.43. The zero-order chi connectivity index (χ0) is 25.0. The molecule has 2 aromatic heterocycles. The predicted molar refractivity (Wildman–Crippen MR) is 132 cm³/mol. The molecule has 0 radical (unpaired) electrons. The Kier molecular flexibility index (Phi) is 7.79. The minimum Gasteiger partial charge on any atom is -0.396 e. The van der Waals surface area contributed by atoms with Crippen LogP contribution in [0, 0.1) is 24.7 Å². The molecule has 3 N–H and O–H groups in total. The van der Waals surface area contributed by atoms with E-state index in [0.717, 1.165) is 34.0 Å². The molecule has 4 rings (SSSR count). The molecule has 2 atom stereocenters. The van der Waals surface area contributed by atoms with Crippen LogP contribution in [0.15, 0.2) is 30.3 Å². The van der Waals surface area contributed by atoms with Gasteiger partial charge in [-0.25, -0.2) is 4.98 Å². The second-order valence-corrected chi connectivity index (χ2v) is 9.82. The van der Waals surface area contributed by atoms with Crippen molar-refractivity contribution in [1.29, 1.82) is 0 Å². The van der Waals surface area contributed by atoms with Crippen LogP contribution in [-0.2, 0) is 0 Å². The Morgan fingerprint density at radius 1 is 1.14 bits per heavy atom.